The zero-order valence-corrected chi connectivity index (χ0v) is 12.5. The van der Waals surface area contributed by atoms with Crippen molar-refractivity contribution in [3.63, 3.8) is 0 Å². The van der Waals surface area contributed by atoms with Gasteiger partial charge in [0.2, 0.25) is 11.9 Å². The number of hydrogen-bond donors (Lipinski definition) is 1. The Morgan fingerprint density at radius 2 is 2.10 bits per heavy atom. The Kier molecular flexibility index (Phi) is 2.91. The fourth-order valence-electron chi connectivity index (χ4n) is 4.00. The summed E-state index contributed by atoms with van der Waals surface area (Å²) in [5, 5.41) is 3.39. The molecule has 1 aromatic rings. The van der Waals surface area contributed by atoms with Gasteiger partial charge in [-0.2, -0.15) is 0 Å². The number of amides is 1. The summed E-state index contributed by atoms with van der Waals surface area (Å²) in [7, 11) is 0. The van der Waals surface area contributed by atoms with Crippen molar-refractivity contribution in [2.24, 2.45) is 17.3 Å². The van der Waals surface area contributed by atoms with Crippen LogP contribution >= 0.6 is 0 Å². The largest absolute Gasteiger partial charge is 0.351 e. The summed E-state index contributed by atoms with van der Waals surface area (Å²) >= 11 is 0. The maximum atomic E-state index is 12.3. The molecule has 3 aliphatic rings. The minimum Gasteiger partial charge on any atom is -0.351 e. The number of aromatic nitrogens is 2. The Morgan fingerprint density at radius 3 is 2.76 bits per heavy atom. The smallest absolute Gasteiger partial charge is 0.225 e. The lowest BCUT2D eigenvalue weighted by Crippen LogP contribution is -2.47. The van der Waals surface area contributed by atoms with E-state index in [-0.39, 0.29) is 0 Å². The molecule has 5 nitrogen and oxygen atoms in total. The Morgan fingerprint density at radius 1 is 1.38 bits per heavy atom. The SMILES string of the molecule is C[C@@H]1C[C@H]1C(=O)N1CCC2(CC(Nc3ncccn3)C2)C1. The van der Waals surface area contributed by atoms with Crippen LogP contribution in [0.3, 0.4) is 0 Å². The van der Waals surface area contributed by atoms with Gasteiger partial charge in [-0.3, -0.25) is 4.79 Å². The predicted molar refractivity (Wildman–Crippen MR) is 79.6 cm³/mol. The molecule has 1 aromatic heterocycles. The van der Waals surface area contributed by atoms with Gasteiger partial charge in [0.1, 0.15) is 0 Å². The molecule has 21 heavy (non-hydrogen) atoms. The fourth-order valence-corrected chi connectivity index (χ4v) is 4.00. The molecule has 4 rings (SSSR count). The molecule has 1 amide bonds. The maximum absolute atomic E-state index is 12.3. The standard InChI is InChI=1S/C16H22N4O/c1-11-7-13(11)14(21)20-6-3-16(10-20)8-12(9-16)19-15-17-4-2-5-18-15/h2,4-5,11-13H,3,6-10H2,1H3,(H,17,18,19)/t11-,12?,13-,16?/m1/s1. The summed E-state index contributed by atoms with van der Waals surface area (Å²) in [6, 6.07) is 2.29. The van der Waals surface area contributed by atoms with Gasteiger partial charge in [0.25, 0.3) is 0 Å². The van der Waals surface area contributed by atoms with Crippen molar-refractivity contribution in [2.75, 3.05) is 18.4 Å². The molecule has 5 heteroatoms. The highest BCUT2D eigenvalue weighted by atomic mass is 16.2. The van der Waals surface area contributed by atoms with Crippen LogP contribution in [-0.4, -0.2) is 39.9 Å². The lowest BCUT2D eigenvalue weighted by atomic mass is 9.65. The number of anilines is 1. The molecule has 2 saturated carbocycles. The van der Waals surface area contributed by atoms with Crippen LogP contribution in [0.15, 0.2) is 18.5 Å². The van der Waals surface area contributed by atoms with Gasteiger partial charge in [0, 0.05) is 37.4 Å². The molecule has 0 radical (unpaired) electrons. The van der Waals surface area contributed by atoms with Crippen LogP contribution in [0.4, 0.5) is 5.95 Å². The van der Waals surface area contributed by atoms with Gasteiger partial charge < -0.3 is 10.2 Å². The molecule has 2 heterocycles. The summed E-state index contributed by atoms with van der Waals surface area (Å²) in [5.74, 6) is 2.06. The Hall–Kier alpha value is -1.65. The summed E-state index contributed by atoms with van der Waals surface area (Å²) < 4.78 is 0. The van der Waals surface area contributed by atoms with Crippen molar-refractivity contribution >= 4 is 11.9 Å². The normalized spacial score (nSPS) is 37.4. The van der Waals surface area contributed by atoms with E-state index in [1.54, 1.807) is 12.4 Å². The average molecular weight is 286 g/mol. The van der Waals surface area contributed by atoms with Gasteiger partial charge >= 0.3 is 0 Å². The molecule has 3 fully saturated rings. The van der Waals surface area contributed by atoms with E-state index in [1.165, 1.54) is 0 Å². The van der Waals surface area contributed by atoms with E-state index in [0.717, 1.165) is 44.7 Å². The summed E-state index contributed by atoms with van der Waals surface area (Å²) in [6.45, 7) is 4.09. The monoisotopic (exact) mass is 286 g/mol. The summed E-state index contributed by atoms with van der Waals surface area (Å²) in [4.78, 5) is 22.8. The molecular weight excluding hydrogens is 264 g/mol. The Labute approximate surface area is 125 Å². The molecule has 0 aromatic carbocycles. The second kappa shape index (κ2) is 4.68. The van der Waals surface area contributed by atoms with Crippen LogP contribution in [0.25, 0.3) is 0 Å². The predicted octanol–water partition coefficient (Wildman–Crippen LogP) is 1.93. The van der Waals surface area contributed by atoms with E-state index in [0.29, 0.717) is 29.2 Å². The van der Waals surface area contributed by atoms with Gasteiger partial charge in [-0.15, -0.1) is 0 Å². The number of rotatable bonds is 3. The van der Waals surface area contributed by atoms with Crippen molar-refractivity contribution in [3.05, 3.63) is 18.5 Å². The Balaban J connectivity index is 1.30. The lowest BCUT2D eigenvalue weighted by molar-refractivity contribution is -0.132. The van der Waals surface area contributed by atoms with Crippen molar-refractivity contribution in [1.29, 1.82) is 0 Å². The van der Waals surface area contributed by atoms with Crippen LogP contribution in [0.1, 0.15) is 32.6 Å². The van der Waals surface area contributed by atoms with Gasteiger partial charge in [0.15, 0.2) is 0 Å². The fraction of sp³-hybridized carbons (Fsp3) is 0.688. The van der Waals surface area contributed by atoms with E-state index in [4.69, 9.17) is 0 Å². The highest BCUT2D eigenvalue weighted by molar-refractivity contribution is 5.82. The molecule has 1 spiro atoms. The van der Waals surface area contributed by atoms with Crippen molar-refractivity contribution in [3.8, 4) is 0 Å². The summed E-state index contributed by atoms with van der Waals surface area (Å²) in [5.41, 5.74) is 0.361. The van der Waals surface area contributed by atoms with E-state index < -0.39 is 0 Å². The molecule has 2 aliphatic carbocycles. The molecule has 0 bridgehead atoms. The van der Waals surface area contributed by atoms with Crippen LogP contribution in [0.5, 0.6) is 0 Å². The van der Waals surface area contributed by atoms with E-state index in [2.05, 4.69) is 27.1 Å². The van der Waals surface area contributed by atoms with E-state index >= 15 is 0 Å². The van der Waals surface area contributed by atoms with Gasteiger partial charge in [-0.05, 0) is 43.1 Å². The van der Waals surface area contributed by atoms with Crippen LogP contribution < -0.4 is 5.32 Å². The number of carbonyl (C=O) groups excluding carboxylic acids is 1. The molecule has 1 aliphatic heterocycles. The maximum Gasteiger partial charge on any atom is 0.225 e. The number of carbonyl (C=O) groups is 1. The van der Waals surface area contributed by atoms with Gasteiger partial charge in [-0.25, -0.2) is 9.97 Å². The zero-order valence-electron chi connectivity index (χ0n) is 12.5. The zero-order chi connectivity index (χ0) is 14.4. The topological polar surface area (TPSA) is 58.1 Å². The highest BCUT2D eigenvalue weighted by Gasteiger charge is 2.51. The molecule has 0 unspecified atom stereocenters. The second-order valence-corrected chi connectivity index (χ2v) is 7.15. The van der Waals surface area contributed by atoms with Crippen molar-refractivity contribution < 1.29 is 4.79 Å². The minimum atomic E-state index is 0.326. The minimum absolute atomic E-state index is 0.326. The third-order valence-electron chi connectivity index (χ3n) is 5.43. The summed E-state index contributed by atoms with van der Waals surface area (Å²) in [6.07, 6.45) is 8.04. The first kappa shape index (κ1) is 13.0. The molecule has 1 saturated heterocycles. The van der Waals surface area contributed by atoms with Crippen molar-refractivity contribution in [2.45, 2.75) is 38.6 Å². The third kappa shape index (κ3) is 2.39. The number of hydrogen-bond acceptors (Lipinski definition) is 4. The lowest BCUT2D eigenvalue weighted by Gasteiger charge is -2.45. The van der Waals surface area contributed by atoms with Gasteiger partial charge in [-0.1, -0.05) is 6.92 Å². The Bertz CT molecular complexity index is 540. The van der Waals surface area contributed by atoms with E-state index in [1.807, 2.05) is 6.07 Å². The van der Waals surface area contributed by atoms with Crippen molar-refractivity contribution in [1.82, 2.24) is 14.9 Å². The van der Waals surface area contributed by atoms with Crippen LogP contribution in [0.2, 0.25) is 0 Å². The third-order valence-corrected chi connectivity index (χ3v) is 5.43. The molecule has 1 N–H and O–H groups in total. The number of nitrogens with one attached hydrogen (secondary N) is 1. The molecule has 2 atom stereocenters. The second-order valence-electron chi connectivity index (χ2n) is 7.15. The van der Waals surface area contributed by atoms with Crippen LogP contribution in [0, 0.1) is 17.3 Å². The first-order valence-electron chi connectivity index (χ1n) is 7.98. The first-order chi connectivity index (χ1) is 10.2. The number of likely N-dealkylation sites (tertiary alicyclic amines) is 1. The van der Waals surface area contributed by atoms with Gasteiger partial charge in [0.05, 0.1) is 0 Å². The average Bonchev–Trinajstić information content (AvgIpc) is 3.01. The quantitative estimate of drug-likeness (QED) is 0.922. The molecule has 112 valence electrons. The van der Waals surface area contributed by atoms with E-state index in [9.17, 15) is 4.79 Å². The molecular formula is C16H22N4O. The van der Waals surface area contributed by atoms with Crippen LogP contribution in [-0.2, 0) is 4.79 Å². The first-order valence-corrected chi connectivity index (χ1v) is 7.98. The highest BCUT2D eigenvalue weighted by Crippen LogP contribution is 2.50. The number of nitrogens with zero attached hydrogens (tertiary/aromatic N) is 3.